The van der Waals surface area contributed by atoms with Crippen LogP contribution in [0.15, 0.2) is 18.2 Å². The monoisotopic (exact) mass is 335 g/mol. The van der Waals surface area contributed by atoms with Crippen LogP contribution in [0.4, 0.5) is 5.82 Å². The van der Waals surface area contributed by atoms with E-state index in [0.717, 1.165) is 24.5 Å². The Morgan fingerprint density at radius 1 is 1.14 bits per heavy atom. The summed E-state index contributed by atoms with van der Waals surface area (Å²) in [5.41, 5.74) is 3.58. The number of rotatable bonds is 2. The molecule has 0 saturated heterocycles. The maximum absolute atomic E-state index is 6.41. The molecule has 1 aliphatic carbocycles. The van der Waals surface area contributed by atoms with Gasteiger partial charge in [0.1, 0.15) is 5.82 Å². The van der Waals surface area contributed by atoms with E-state index < -0.39 is 0 Å². The topological polar surface area (TPSA) is 29.9 Å². The SMILES string of the molecule is Clc1ccc(-n2nc(C3CCC3)c3c2NCCCC3)c(Cl)c1. The van der Waals surface area contributed by atoms with Crippen LogP contribution in [0.5, 0.6) is 0 Å². The van der Waals surface area contributed by atoms with Crippen molar-refractivity contribution in [1.82, 2.24) is 9.78 Å². The van der Waals surface area contributed by atoms with Gasteiger partial charge in [-0.25, -0.2) is 4.68 Å². The van der Waals surface area contributed by atoms with Crippen LogP contribution in [0.2, 0.25) is 10.0 Å². The highest BCUT2D eigenvalue weighted by Gasteiger charge is 2.29. The van der Waals surface area contributed by atoms with Crippen LogP contribution in [0, 0.1) is 0 Å². The van der Waals surface area contributed by atoms with Crippen LogP contribution in [0.25, 0.3) is 5.69 Å². The smallest absolute Gasteiger partial charge is 0.133 e. The van der Waals surface area contributed by atoms with Gasteiger partial charge in [-0.3, -0.25) is 0 Å². The third-order valence-electron chi connectivity index (χ3n) is 4.79. The average molecular weight is 336 g/mol. The highest BCUT2D eigenvalue weighted by molar-refractivity contribution is 6.35. The number of aromatic nitrogens is 2. The predicted octanol–water partition coefficient (Wildman–Crippen LogP) is 5.19. The molecule has 1 N–H and O–H groups in total. The molecular formula is C17H19Cl2N3. The number of fused-ring (bicyclic) bond motifs is 1. The molecule has 116 valence electrons. The van der Waals surface area contributed by atoms with Crippen molar-refractivity contribution in [2.75, 3.05) is 11.9 Å². The van der Waals surface area contributed by atoms with Crippen molar-refractivity contribution in [1.29, 1.82) is 0 Å². The van der Waals surface area contributed by atoms with E-state index >= 15 is 0 Å². The van der Waals surface area contributed by atoms with Crippen LogP contribution in [0.1, 0.15) is 49.3 Å². The minimum atomic E-state index is 0.626. The van der Waals surface area contributed by atoms with E-state index in [2.05, 4.69) is 5.32 Å². The van der Waals surface area contributed by atoms with Gasteiger partial charge in [0.2, 0.25) is 0 Å². The van der Waals surface area contributed by atoms with E-state index in [4.69, 9.17) is 28.3 Å². The summed E-state index contributed by atoms with van der Waals surface area (Å²) in [6.07, 6.45) is 7.38. The lowest BCUT2D eigenvalue weighted by Gasteiger charge is -2.24. The van der Waals surface area contributed by atoms with Gasteiger partial charge in [-0.1, -0.05) is 29.6 Å². The molecule has 0 unspecified atom stereocenters. The first-order chi connectivity index (χ1) is 10.7. The zero-order chi connectivity index (χ0) is 15.1. The number of hydrogen-bond donors (Lipinski definition) is 1. The number of nitrogens with zero attached hydrogens (tertiary/aromatic N) is 2. The molecule has 0 bridgehead atoms. The summed E-state index contributed by atoms with van der Waals surface area (Å²) in [4.78, 5) is 0. The minimum Gasteiger partial charge on any atom is -0.370 e. The molecule has 1 aliphatic heterocycles. The maximum atomic E-state index is 6.41. The number of halogens is 2. The van der Waals surface area contributed by atoms with E-state index in [1.54, 1.807) is 6.07 Å². The van der Waals surface area contributed by atoms with E-state index in [1.165, 1.54) is 43.4 Å². The second kappa shape index (κ2) is 5.78. The van der Waals surface area contributed by atoms with Gasteiger partial charge in [0.15, 0.2) is 0 Å². The molecule has 0 amide bonds. The summed E-state index contributed by atoms with van der Waals surface area (Å²) in [7, 11) is 0. The van der Waals surface area contributed by atoms with Gasteiger partial charge in [0.25, 0.3) is 0 Å². The lowest BCUT2D eigenvalue weighted by atomic mass is 9.81. The molecule has 3 nitrogen and oxygen atoms in total. The number of hydrogen-bond acceptors (Lipinski definition) is 2. The van der Waals surface area contributed by atoms with Crippen molar-refractivity contribution in [3.63, 3.8) is 0 Å². The fraction of sp³-hybridized carbons (Fsp3) is 0.471. The molecule has 1 fully saturated rings. The zero-order valence-electron chi connectivity index (χ0n) is 12.4. The van der Waals surface area contributed by atoms with Gasteiger partial charge >= 0.3 is 0 Å². The Balaban J connectivity index is 1.86. The molecule has 0 spiro atoms. The Labute approximate surface area is 140 Å². The molecule has 2 heterocycles. The van der Waals surface area contributed by atoms with Crippen molar-refractivity contribution < 1.29 is 0 Å². The van der Waals surface area contributed by atoms with Crippen LogP contribution >= 0.6 is 23.2 Å². The lowest BCUT2D eigenvalue weighted by Crippen LogP contribution is -2.12. The molecule has 5 heteroatoms. The predicted molar refractivity (Wildman–Crippen MR) is 91.6 cm³/mol. The second-order valence-electron chi connectivity index (χ2n) is 6.23. The highest BCUT2D eigenvalue weighted by Crippen LogP contribution is 2.41. The number of anilines is 1. The molecule has 4 rings (SSSR count). The molecule has 2 aliphatic rings. The van der Waals surface area contributed by atoms with Crippen molar-refractivity contribution >= 4 is 29.0 Å². The molecule has 0 radical (unpaired) electrons. The van der Waals surface area contributed by atoms with Crippen molar-refractivity contribution in [3.8, 4) is 5.69 Å². The summed E-state index contributed by atoms with van der Waals surface area (Å²) >= 11 is 12.4. The Morgan fingerprint density at radius 2 is 2.00 bits per heavy atom. The zero-order valence-corrected chi connectivity index (χ0v) is 13.9. The number of benzene rings is 1. The maximum Gasteiger partial charge on any atom is 0.133 e. The van der Waals surface area contributed by atoms with Gasteiger partial charge in [0.05, 0.1) is 16.4 Å². The van der Waals surface area contributed by atoms with Gasteiger partial charge in [-0.2, -0.15) is 5.10 Å². The lowest BCUT2D eigenvalue weighted by molar-refractivity contribution is 0.406. The summed E-state index contributed by atoms with van der Waals surface area (Å²) in [6.45, 7) is 0.994. The quantitative estimate of drug-likeness (QED) is 0.817. The first-order valence-electron chi connectivity index (χ1n) is 8.05. The molecule has 1 saturated carbocycles. The Bertz CT molecular complexity index is 704. The largest absolute Gasteiger partial charge is 0.370 e. The van der Waals surface area contributed by atoms with Crippen LogP contribution < -0.4 is 5.32 Å². The molecular weight excluding hydrogens is 317 g/mol. The van der Waals surface area contributed by atoms with Crippen molar-refractivity contribution in [2.24, 2.45) is 0 Å². The van der Waals surface area contributed by atoms with Crippen LogP contribution in [-0.2, 0) is 6.42 Å². The Hall–Kier alpha value is -1.19. The summed E-state index contributed by atoms with van der Waals surface area (Å²) < 4.78 is 1.99. The van der Waals surface area contributed by atoms with Crippen molar-refractivity contribution in [2.45, 2.75) is 44.4 Å². The molecule has 0 atom stereocenters. The Morgan fingerprint density at radius 3 is 2.73 bits per heavy atom. The summed E-state index contributed by atoms with van der Waals surface area (Å²) in [5.74, 6) is 1.75. The van der Waals surface area contributed by atoms with E-state index in [1.807, 2.05) is 16.8 Å². The van der Waals surface area contributed by atoms with Crippen molar-refractivity contribution in [3.05, 3.63) is 39.5 Å². The summed E-state index contributed by atoms with van der Waals surface area (Å²) in [6, 6.07) is 5.61. The summed E-state index contributed by atoms with van der Waals surface area (Å²) in [5, 5.41) is 9.80. The fourth-order valence-corrected chi connectivity index (χ4v) is 3.85. The minimum absolute atomic E-state index is 0.626. The van der Waals surface area contributed by atoms with Gasteiger partial charge in [-0.05, 0) is 50.3 Å². The molecule has 2 aromatic rings. The molecule has 22 heavy (non-hydrogen) atoms. The van der Waals surface area contributed by atoms with Crippen LogP contribution in [-0.4, -0.2) is 16.3 Å². The van der Waals surface area contributed by atoms with Gasteiger partial charge in [-0.15, -0.1) is 0 Å². The molecule has 1 aromatic heterocycles. The third-order valence-corrected chi connectivity index (χ3v) is 5.33. The average Bonchev–Trinajstić information content (AvgIpc) is 2.63. The molecule has 1 aromatic carbocycles. The highest BCUT2D eigenvalue weighted by atomic mass is 35.5. The van der Waals surface area contributed by atoms with Gasteiger partial charge < -0.3 is 5.32 Å². The Kier molecular flexibility index (Phi) is 3.79. The fourth-order valence-electron chi connectivity index (χ4n) is 3.37. The second-order valence-corrected chi connectivity index (χ2v) is 7.08. The first-order valence-corrected chi connectivity index (χ1v) is 8.81. The van der Waals surface area contributed by atoms with Gasteiger partial charge in [0, 0.05) is 23.0 Å². The normalized spacial score (nSPS) is 18.3. The van der Waals surface area contributed by atoms with E-state index in [9.17, 15) is 0 Å². The van der Waals surface area contributed by atoms with Crippen LogP contribution in [0.3, 0.4) is 0 Å². The third kappa shape index (κ3) is 2.40. The van der Waals surface area contributed by atoms with E-state index in [0.29, 0.717) is 16.0 Å². The van der Waals surface area contributed by atoms with E-state index in [-0.39, 0.29) is 0 Å². The first kappa shape index (κ1) is 14.4. The standard InChI is InChI=1S/C17H19Cl2N3/c18-12-7-8-15(14(19)10-12)22-17-13(6-1-2-9-20-17)16(21-22)11-4-3-5-11/h7-8,10-11,20H,1-6,9H2. The number of nitrogens with one attached hydrogen (secondary N) is 1.